The van der Waals surface area contributed by atoms with E-state index in [1.165, 1.54) is 11.1 Å². The number of aromatic hydroxyl groups is 1. The van der Waals surface area contributed by atoms with Gasteiger partial charge in [0.15, 0.2) is 0 Å². The van der Waals surface area contributed by atoms with Crippen molar-refractivity contribution >= 4 is 0 Å². The monoisotopic (exact) mass is 302 g/mol. The highest BCUT2D eigenvalue weighted by atomic mass is 16.3. The molecule has 3 N–H and O–H groups in total. The average Bonchev–Trinajstić information content (AvgIpc) is 2.82. The van der Waals surface area contributed by atoms with Gasteiger partial charge in [-0.2, -0.15) is 0 Å². The van der Waals surface area contributed by atoms with Crippen LogP contribution in [0.25, 0.3) is 0 Å². The van der Waals surface area contributed by atoms with Crippen LogP contribution < -0.4 is 0 Å². The minimum absolute atomic E-state index is 0.0771. The van der Waals surface area contributed by atoms with Gasteiger partial charge in [0, 0.05) is 5.56 Å². The number of rotatable bonds is 1. The number of aliphatic hydroxyl groups is 2. The summed E-state index contributed by atoms with van der Waals surface area (Å²) in [6.45, 7) is 2.21. The zero-order valence-corrected chi connectivity index (χ0v) is 13.3. The van der Waals surface area contributed by atoms with Crippen LogP contribution in [0.15, 0.2) is 12.1 Å². The van der Waals surface area contributed by atoms with Gasteiger partial charge in [0.2, 0.25) is 0 Å². The summed E-state index contributed by atoms with van der Waals surface area (Å²) in [6.07, 6.45) is 6.26. The molecule has 1 aromatic carbocycles. The summed E-state index contributed by atoms with van der Waals surface area (Å²) in [6, 6.07) is 3.83. The average molecular weight is 302 g/mol. The second-order valence-electron chi connectivity index (χ2n) is 7.84. The minimum Gasteiger partial charge on any atom is -0.508 e. The first-order valence-corrected chi connectivity index (χ1v) is 8.69. The lowest BCUT2D eigenvalue weighted by atomic mass is 9.55. The number of phenols is 1. The molecule has 0 amide bonds. The van der Waals surface area contributed by atoms with E-state index in [1.807, 2.05) is 0 Å². The maximum atomic E-state index is 10.4. The fourth-order valence-electron chi connectivity index (χ4n) is 5.88. The summed E-state index contributed by atoms with van der Waals surface area (Å²) in [5, 5.41) is 30.0. The molecular weight excluding hydrogens is 276 g/mol. The van der Waals surface area contributed by atoms with Gasteiger partial charge < -0.3 is 15.3 Å². The molecule has 0 radical (unpaired) electrons. The zero-order valence-electron chi connectivity index (χ0n) is 13.3. The molecule has 0 bridgehead atoms. The third kappa shape index (κ3) is 1.82. The van der Waals surface area contributed by atoms with Gasteiger partial charge in [0.05, 0.1) is 12.7 Å². The lowest BCUT2D eigenvalue weighted by molar-refractivity contribution is -0.0227. The molecule has 4 rings (SSSR count). The van der Waals surface area contributed by atoms with Crippen LogP contribution in [0.5, 0.6) is 5.75 Å². The van der Waals surface area contributed by atoms with Crippen molar-refractivity contribution in [3.63, 3.8) is 0 Å². The quantitative estimate of drug-likeness (QED) is 0.747. The van der Waals surface area contributed by atoms with E-state index in [4.69, 9.17) is 0 Å². The summed E-state index contributed by atoms with van der Waals surface area (Å²) < 4.78 is 0. The summed E-state index contributed by atoms with van der Waals surface area (Å²) >= 11 is 0. The maximum Gasteiger partial charge on any atom is 0.121 e. The molecule has 0 saturated heterocycles. The molecule has 3 aliphatic rings. The van der Waals surface area contributed by atoms with E-state index in [2.05, 4.69) is 13.0 Å². The molecule has 2 fully saturated rings. The van der Waals surface area contributed by atoms with Crippen LogP contribution in [0.1, 0.15) is 61.6 Å². The minimum atomic E-state index is -0.132. The molecule has 3 aliphatic carbocycles. The van der Waals surface area contributed by atoms with Crippen molar-refractivity contribution in [2.24, 2.45) is 17.3 Å². The number of fused-ring (bicyclic) bond motifs is 5. The highest BCUT2D eigenvalue weighted by Gasteiger charge is 2.54. The molecule has 3 heteroatoms. The smallest absolute Gasteiger partial charge is 0.121 e. The fourth-order valence-corrected chi connectivity index (χ4v) is 5.88. The number of hydrogen-bond acceptors (Lipinski definition) is 3. The third-order valence-electron chi connectivity index (χ3n) is 7.12. The summed E-state index contributed by atoms with van der Waals surface area (Å²) in [5.74, 6) is 2.05. The first kappa shape index (κ1) is 14.5. The fraction of sp³-hybridized carbons (Fsp3) is 0.684. The standard InChI is InChI=1S/C19H26O3/c1-19-9-8-13-11-4-6-17(21)15(10-20)12(11)2-3-14(13)16(19)5-7-18(19)22/h4,6,13-14,16,18,20-22H,2-3,5,7-10H2,1H3/t13?,14?,16?,18-,19-/m0/s1. The molecule has 0 aliphatic heterocycles. The third-order valence-corrected chi connectivity index (χ3v) is 7.12. The highest BCUT2D eigenvalue weighted by molar-refractivity contribution is 5.47. The van der Waals surface area contributed by atoms with E-state index in [0.29, 0.717) is 17.8 Å². The van der Waals surface area contributed by atoms with Crippen LogP contribution in [0.4, 0.5) is 0 Å². The van der Waals surface area contributed by atoms with Gasteiger partial charge in [-0.25, -0.2) is 0 Å². The second kappa shape index (κ2) is 4.97. The first-order valence-electron chi connectivity index (χ1n) is 8.69. The van der Waals surface area contributed by atoms with Gasteiger partial charge in [0.1, 0.15) is 5.75 Å². The molecule has 120 valence electrons. The van der Waals surface area contributed by atoms with Gasteiger partial charge >= 0.3 is 0 Å². The molecule has 0 heterocycles. The molecular formula is C19H26O3. The van der Waals surface area contributed by atoms with Crippen molar-refractivity contribution in [1.82, 2.24) is 0 Å². The predicted molar refractivity (Wildman–Crippen MR) is 84.7 cm³/mol. The van der Waals surface area contributed by atoms with E-state index >= 15 is 0 Å². The Bertz CT molecular complexity index is 597. The topological polar surface area (TPSA) is 60.7 Å². The van der Waals surface area contributed by atoms with Crippen LogP contribution in [-0.4, -0.2) is 21.4 Å². The van der Waals surface area contributed by atoms with E-state index in [-0.39, 0.29) is 23.9 Å². The van der Waals surface area contributed by atoms with Crippen molar-refractivity contribution in [2.45, 2.75) is 64.1 Å². The molecule has 5 atom stereocenters. The Morgan fingerprint density at radius 2 is 2.00 bits per heavy atom. The highest BCUT2D eigenvalue weighted by Crippen LogP contribution is 2.61. The van der Waals surface area contributed by atoms with Crippen molar-refractivity contribution in [2.75, 3.05) is 0 Å². The van der Waals surface area contributed by atoms with Gasteiger partial charge in [-0.15, -0.1) is 0 Å². The predicted octanol–water partition coefficient (Wildman–Crippen LogP) is 3.10. The number of hydrogen-bond donors (Lipinski definition) is 3. The summed E-state index contributed by atoms with van der Waals surface area (Å²) in [4.78, 5) is 0. The van der Waals surface area contributed by atoms with Crippen LogP contribution in [-0.2, 0) is 13.0 Å². The Morgan fingerprint density at radius 1 is 1.18 bits per heavy atom. The molecule has 0 spiro atoms. The lowest BCUT2D eigenvalue weighted by Crippen LogP contribution is -2.44. The molecule has 3 unspecified atom stereocenters. The summed E-state index contributed by atoms with van der Waals surface area (Å²) in [7, 11) is 0. The van der Waals surface area contributed by atoms with Crippen LogP contribution >= 0.6 is 0 Å². The molecule has 2 saturated carbocycles. The van der Waals surface area contributed by atoms with Gasteiger partial charge in [-0.3, -0.25) is 0 Å². The molecule has 3 nitrogen and oxygen atoms in total. The largest absolute Gasteiger partial charge is 0.508 e. The Labute approximate surface area is 132 Å². The normalized spacial score (nSPS) is 40.0. The van der Waals surface area contributed by atoms with Crippen LogP contribution in [0, 0.1) is 17.3 Å². The van der Waals surface area contributed by atoms with E-state index in [1.54, 1.807) is 6.07 Å². The Balaban J connectivity index is 1.74. The van der Waals surface area contributed by atoms with E-state index in [9.17, 15) is 15.3 Å². The van der Waals surface area contributed by atoms with Crippen molar-refractivity contribution in [3.8, 4) is 5.75 Å². The van der Waals surface area contributed by atoms with Crippen molar-refractivity contribution in [1.29, 1.82) is 0 Å². The lowest BCUT2D eigenvalue weighted by Gasteiger charge is -2.50. The second-order valence-corrected chi connectivity index (χ2v) is 7.84. The SMILES string of the molecule is C[C@]12CCC3c4ccc(O)c(CO)c4CCC3C1CC[C@@H]2O. The van der Waals surface area contributed by atoms with E-state index < -0.39 is 0 Å². The number of benzene rings is 1. The molecule has 1 aromatic rings. The Hall–Kier alpha value is -1.06. The van der Waals surface area contributed by atoms with Gasteiger partial charge in [-0.1, -0.05) is 13.0 Å². The number of aliphatic hydroxyl groups excluding tert-OH is 2. The molecule has 0 aromatic heterocycles. The Morgan fingerprint density at radius 3 is 2.77 bits per heavy atom. The van der Waals surface area contributed by atoms with Gasteiger partial charge in [-0.05, 0) is 78.9 Å². The van der Waals surface area contributed by atoms with Crippen LogP contribution in [0.3, 0.4) is 0 Å². The van der Waals surface area contributed by atoms with E-state index in [0.717, 1.165) is 44.1 Å². The van der Waals surface area contributed by atoms with Crippen molar-refractivity contribution in [3.05, 3.63) is 28.8 Å². The maximum absolute atomic E-state index is 10.4. The van der Waals surface area contributed by atoms with Crippen LogP contribution in [0.2, 0.25) is 0 Å². The molecule has 22 heavy (non-hydrogen) atoms. The zero-order chi connectivity index (χ0) is 15.5. The summed E-state index contributed by atoms with van der Waals surface area (Å²) in [5.41, 5.74) is 3.37. The van der Waals surface area contributed by atoms with Gasteiger partial charge in [0.25, 0.3) is 0 Å². The van der Waals surface area contributed by atoms with Crippen molar-refractivity contribution < 1.29 is 15.3 Å². The first-order chi connectivity index (χ1) is 10.6. The Kier molecular flexibility index (Phi) is 3.28.